The number of allylic oxidation sites excluding steroid dienone is 1. The number of aryl methyl sites for hydroxylation is 1. The molecule has 3 heteroatoms. The second-order valence-electron chi connectivity index (χ2n) is 8.64. The molecule has 28 heavy (non-hydrogen) atoms. The van der Waals surface area contributed by atoms with Gasteiger partial charge in [0.1, 0.15) is 11.4 Å². The van der Waals surface area contributed by atoms with Gasteiger partial charge in [-0.15, -0.1) is 6.58 Å². The van der Waals surface area contributed by atoms with Crippen molar-refractivity contribution in [2.75, 3.05) is 11.4 Å². The van der Waals surface area contributed by atoms with Crippen molar-refractivity contribution in [3.63, 3.8) is 0 Å². The van der Waals surface area contributed by atoms with Gasteiger partial charge in [0.05, 0.1) is 12.2 Å². The highest BCUT2D eigenvalue weighted by atomic mass is 15.5. The van der Waals surface area contributed by atoms with E-state index in [4.69, 9.17) is 5.10 Å². The number of hydrogen-bond donors (Lipinski definition) is 0. The van der Waals surface area contributed by atoms with E-state index in [0.29, 0.717) is 0 Å². The number of nitrogens with zero attached hydrogens (tertiary/aromatic N) is 3. The zero-order valence-corrected chi connectivity index (χ0v) is 17.3. The van der Waals surface area contributed by atoms with Crippen molar-refractivity contribution in [2.24, 2.45) is 0 Å². The molecule has 0 aliphatic carbocycles. The molecule has 3 nitrogen and oxygen atoms in total. The Labute approximate surface area is 168 Å². The summed E-state index contributed by atoms with van der Waals surface area (Å²) in [5.41, 5.74) is 4.52. The van der Waals surface area contributed by atoms with Crippen LogP contribution in [0.4, 0.5) is 5.82 Å². The first kappa shape index (κ1) is 18.5. The highest BCUT2D eigenvalue weighted by Crippen LogP contribution is 2.47. The largest absolute Gasteiger partial charge is 0.349 e. The summed E-state index contributed by atoms with van der Waals surface area (Å²) in [7, 11) is 0. The number of rotatable bonds is 4. The summed E-state index contributed by atoms with van der Waals surface area (Å²) in [6.45, 7) is 13.8. The minimum absolute atomic E-state index is 0.0224. The molecule has 144 valence electrons. The predicted molar refractivity (Wildman–Crippen MR) is 117 cm³/mol. The molecule has 0 atom stereocenters. The molecule has 0 amide bonds. The average Bonchev–Trinajstić information content (AvgIpc) is 3.19. The number of anilines is 1. The third-order valence-corrected chi connectivity index (χ3v) is 5.82. The van der Waals surface area contributed by atoms with Crippen LogP contribution in [0, 0.1) is 6.92 Å². The summed E-state index contributed by atoms with van der Waals surface area (Å²) >= 11 is 0. The first-order valence-corrected chi connectivity index (χ1v) is 9.98. The van der Waals surface area contributed by atoms with Crippen LogP contribution < -0.4 is 4.90 Å². The zero-order chi connectivity index (χ0) is 19.9. The Bertz CT molecular complexity index is 938. The summed E-state index contributed by atoms with van der Waals surface area (Å²) in [4.78, 5) is 2.52. The first-order chi connectivity index (χ1) is 13.4. The molecular weight excluding hydrogens is 342 g/mol. The maximum absolute atomic E-state index is 5.11. The molecule has 0 radical (unpaired) electrons. The third kappa shape index (κ3) is 2.69. The van der Waals surface area contributed by atoms with Crippen LogP contribution in [0.5, 0.6) is 0 Å². The number of fused-ring (bicyclic) bond motifs is 1. The van der Waals surface area contributed by atoms with Crippen LogP contribution in [-0.2, 0) is 12.0 Å². The lowest BCUT2D eigenvalue weighted by molar-refractivity contribution is 0.416. The van der Waals surface area contributed by atoms with E-state index in [2.05, 4.69) is 105 Å². The first-order valence-electron chi connectivity index (χ1n) is 9.98. The molecule has 0 bridgehead atoms. The van der Waals surface area contributed by atoms with Gasteiger partial charge in [-0.1, -0.05) is 66.7 Å². The van der Waals surface area contributed by atoms with Gasteiger partial charge in [0.2, 0.25) is 0 Å². The van der Waals surface area contributed by atoms with E-state index >= 15 is 0 Å². The molecule has 0 spiro atoms. The van der Waals surface area contributed by atoms with Gasteiger partial charge < -0.3 is 4.90 Å². The number of benzene rings is 2. The van der Waals surface area contributed by atoms with Crippen LogP contribution in [-0.4, -0.2) is 21.9 Å². The monoisotopic (exact) mass is 371 g/mol. The fraction of sp³-hybridized carbons (Fsp3) is 0.320. The van der Waals surface area contributed by atoms with Gasteiger partial charge in [0, 0.05) is 11.1 Å². The van der Waals surface area contributed by atoms with Gasteiger partial charge >= 0.3 is 0 Å². The van der Waals surface area contributed by atoms with Crippen molar-refractivity contribution < 1.29 is 0 Å². The van der Waals surface area contributed by atoms with Crippen LogP contribution in [0.15, 0.2) is 73.3 Å². The molecule has 2 heterocycles. The highest BCUT2D eigenvalue weighted by Gasteiger charge is 2.50. The summed E-state index contributed by atoms with van der Waals surface area (Å²) in [6, 6.07) is 21.6. The van der Waals surface area contributed by atoms with Crippen LogP contribution in [0.3, 0.4) is 0 Å². The van der Waals surface area contributed by atoms with Gasteiger partial charge in [0.25, 0.3) is 0 Å². The Kier molecular flexibility index (Phi) is 4.41. The molecule has 1 aliphatic heterocycles. The molecule has 2 aromatic carbocycles. The van der Waals surface area contributed by atoms with Crippen LogP contribution in [0.1, 0.15) is 43.2 Å². The normalized spacial score (nSPS) is 15.5. The maximum atomic E-state index is 5.11. The van der Waals surface area contributed by atoms with E-state index in [1.807, 2.05) is 6.08 Å². The summed E-state index contributed by atoms with van der Waals surface area (Å²) < 4.78 is 2.27. The minimum atomic E-state index is -0.352. The summed E-state index contributed by atoms with van der Waals surface area (Å²) in [5.74, 6) is 1.22. The number of aromatic nitrogens is 2. The van der Waals surface area contributed by atoms with Gasteiger partial charge in [-0.05, 0) is 45.2 Å². The Hall–Kier alpha value is -2.81. The SMILES string of the molecule is C=CCc1c(C)nn2c1N(C(C)(C)C)CC2(c1ccccc1)c1ccccc1. The van der Waals surface area contributed by atoms with Crippen molar-refractivity contribution in [1.29, 1.82) is 0 Å². The van der Waals surface area contributed by atoms with E-state index in [-0.39, 0.29) is 11.1 Å². The van der Waals surface area contributed by atoms with Crippen molar-refractivity contribution in [3.05, 3.63) is 95.7 Å². The minimum Gasteiger partial charge on any atom is -0.349 e. The molecule has 0 unspecified atom stereocenters. The van der Waals surface area contributed by atoms with E-state index in [9.17, 15) is 0 Å². The molecule has 3 aromatic rings. The lowest BCUT2D eigenvalue weighted by atomic mass is 9.83. The maximum Gasteiger partial charge on any atom is 0.132 e. The van der Waals surface area contributed by atoms with E-state index in [1.165, 1.54) is 22.5 Å². The van der Waals surface area contributed by atoms with E-state index in [1.54, 1.807) is 0 Å². The van der Waals surface area contributed by atoms with E-state index < -0.39 is 0 Å². The number of hydrogen-bond acceptors (Lipinski definition) is 2. The molecule has 0 saturated carbocycles. The lowest BCUT2D eigenvalue weighted by Gasteiger charge is -2.37. The Morgan fingerprint density at radius 3 is 2.00 bits per heavy atom. The van der Waals surface area contributed by atoms with Crippen LogP contribution >= 0.6 is 0 Å². The quantitative estimate of drug-likeness (QED) is 0.578. The zero-order valence-electron chi connectivity index (χ0n) is 17.3. The Balaban J connectivity index is 2.07. The third-order valence-electron chi connectivity index (χ3n) is 5.82. The standard InChI is InChI=1S/C25H29N3/c1-6-13-22-19(2)26-28-23(22)27(24(3,4)5)18-25(28,20-14-9-7-10-15-20)21-16-11-8-12-17-21/h6-12,14-17H,1,13,18H2,2-5H3. The molecule has 1 aliphatic rings. The molecular formula is C25H29N3. The van der Waals surface area contributed by atoms with E-state index in [0.717, 1.165) is 18.7 Å². The molecule has 4 rings (SSSR count). The van der Waals surface area contributed by atoms with Gasteiger partial charge in [-0.3, -0.25) is 0 Å². The van der Waals surface area contributed by atoms with Gasteiger partial charge in [-0.25, -0.2) is 4.68 Å². The molecule has 0 fully saturated rings. The lowest BCUT2D eigenvalue weighted by Crippen LogP contribution is -2.46. The molecule has 0 N–H and O–H groups in total. The molecule has 1 aromatic heterocycles. The van der Waals surface area contributed by atoms with Crippen LogP contribution in [0.2, 0.25) is 0 Å². The summed E-state index contributed by atoms with van der Waals surface area (Å²) in [6.07, 6.45) is 2.81. The fourth-order valence-corrected chi connectivity index (χ4v) is 4.42. The highest BCUT2D eigenvalue weighted by molar-refractivity contribution is 5.62. The van der Waals surface area contributed by atoms with Crippen molar-refractivity contribution in [3.8, 4) is 0 Å². The second-order valence-corrected chi connectivity index (χ2v) is 8.64. The van der Waals surface area contributed by atoms with Crippen molar-refractivity contribution in [1.82, 2.24) is 9.78 Å². The smallest absolute Gasteiger partial charge is 0.132 e. The van der Waals surface area contributed by atoms with Crippen LogP contribution in [0.25, 0.3) is 0 Å². The van der Waals surface area contributed by atoms with Crippen molar-refractivity contribution >= 4 is 5.82 Å². The Morgan fingerprint density at radius 2 is 1.54 bits per heavy atom. The fourth-order valence-electron chi connectivity index (χ4n) is 4.42. The van der Waals surface area contributed by atoms with Gasteiger partial charge in [0.15, 0.2) is 0 Å². The Morgan fingerprint density at radius 1 is 1.00 bits per heavy atom. The average molecular weight is 372 g/mol. The van der Waals surface area contributed by atoms with Gasteiger partial charge in [-0.2, -0.15) is 5.10 Å². The second kappa shape index (κ2) is 6.66. The van der Waals surface area contributed by atoms with Crippen molar-refractivity contribution in [2.45, 2.75) is 45.2 Å². The molecule has 0 saturated heterocycles. The predicted octanol–water partition coefficient (Wildman–Crippen LogP) is 5.33. The topological polar surface area (TPSA) is 21.1 Å². The summed E-state index contributed by atoms with van der Waals surface area (Å²) in [5, 5.41) is 5.11.